The maximum absolute atomic E-state index is 14.5. The minimum Gasteiger partial charge on any atom is -0.363 e. The number of anilines is 2. The summed E-state index contributed by atoms with van der Waals surface area (Å²) < 4.78 is 107. The molecule has 1 aliphatic rings. The number of benzene rings is 2. The zero-order valence-corrected chi connectivity index (χ0v) is 28.1. The Balaban J connectivity index is 0.000000230. The Morgan fingerprint density at radius 3 is 1.80 bits per heavy atom. The number of fused-ring (bicyclic) bond motifs is 2. The zero-order valence-electron chi connectivity index (χ0n) is 26.5. The number of carbonyl (C=O) groups is 4. The van der Waals surface area contributed by atoms with Crippen LogP contribution in [0.5, 0.6) is 0 Å². The number of urea groups is 1. The lowest BCUT2D eigenvalue weighted by molar-refractivity contribution is -0.269. The lowest BCUT2D eigenvalue weighted by atomic mass is 10.1. The van der Waals surface area contributed by atoms with Gasteiger partial charge < -0.3 is 15.7 Å². The highest BCUT2D eigenvalue weighted by atomic mass is 32.1. The predicted molar refractivity (Wildman–Crippen MR) is 169 cm³/mol. The molecule has 1 saturated heterocycles. The van der Waals surface area contributed by atoms with Crippen LogP contribution in [0.3, 0.4) is 0 Å². The number of Topliss-reactive ketones (excluding diaryl/α,β-unsaturated/α-hetero) is 1. The molecule has 1 aliphatic heterocycles. The van der Waals surface area contributed by atoms with Gasteiger partial charge in [-0.2, -0.15) is 26.3 Å². The van der Waals surface area contributed by atoms with Crippen molar-refractivity contribution < 1.29 is 59.4 Å². The molecule has 1 atom stereocenters. The average Bonchev–Trinajstić information content (AvgIpc) is 3.45. The van der Waals surface area contributed by atoms with E-state index < -0.39 is 82.4 Å². The maximum Gasteiger partial charge on any atom is 0.450 e. The van der Waals surface area contributed by atoms with Crippen LogP contribution < -0.4 is 25.3 Å². The average molecular weight is 772 g/mol. The number of carbonyl (C=O) groups excluding carboxylic acids is 4. The number of alkyl halides is 6. The molecule has 1 unspecified atom stereocenters. The Bertz CT molecular complexity index is 2170. The van der Waals surface area contributed by atoms with Gasteiger partial charge in [-0.15, -0.1) is 0 Å². The molecule has 0 aliphatic carbocycles. The second-order valence-corrected chi connectivity index (χ2v) is 13.6. The van der Waals surface area contributed by atoms with Crippen LogP contribution in [-0.4, -0.2) is 55.9 Å². The smallest absolute Gasteiger partial charge is 0.363 e. The maximum atomic E-state index is 14.5. The Hall–Kier alpha value is -4.70. The fourth-order valence-electron chi connectivity index (χ4n) is 4.89. The van der Waals surface area contributed by atoms with Gasteiger partial charge in [-0.05, 0) is 52.0 Å². The van der Waals surface area contributed by atoms with E-state index in [2.05, 4.69) is 0 Å². The number of halogens is 8. The normalized spacial score (nSPS) is 16.9. The van der Waals surface area contributed by atoms with Crippen molar-refractivity contribution in [3.63, 3.8) is 0 Å². The van der Waals surface area contributed by atoms with E-state index in [4.69, 9.17) is 0 Å². The summed E-state index contributed by atoms with van der Waals surface area (Å²) in [5, 5.41) is 12.8. The van der Waals surface area contributed by atoms with E-state index in [0.717, 1.165) is 40.9 Å². The fourth-order valence-corrected chi connectivity index (χ4v) is 6.93. The molecule has 0 bridgehead atoms. The number of hydrogen-bond donors (Lipinski definition) is 3. The number of aromatic nitrogens is 2. The van der Waals surface area contributed by atoms with Gasteiger partial charge in [0.2, 0.25) is 23.3 Å². The lowest BCUT2D eigenvalue weighted by Gasteiger charge is -2.38. The van der Waals surface area contributed by atoms with Gasteiger partial charge >= 0.3 is 28.1 Å². The lowest BCUT2D eigenvalue weighted by Crippen LogP contribution is -2.68. The summed E-state index contributed by atoms with van der Waals surface area (Å²) in [7, 11) is 0. The first kappa shape index (κ1) is 39.1. The monoisotopic (exact) mass is 771 g/mol. The Labute approximate surface area is 287 Å². The fraction of sp³-hybridized carbons (Fsp3) is 0.379. The van der Waals surface area contributed by atoms with Crippen molar-refractivity contribution in [2.75, 3.05) is 10.2 Å². The SMILES string of the molecule is CC(C)n1c(=O)sc2cc(F)c(N3C(=O)CC(O)(C(F)(F)F)NC3=O)cc21.CC(C)n1c(=O)sc2cc(F)c(NC(=O)CC(=O)C(F)(F)F)cc21. The van der Waals surface area contributed by atoms with Gasteiger partial charge in [0.15, 0.2) is 0 Å². The topological polar surface area (TPSA) is 160 Å². The molecule has 1 fully saturated rings. The number of thiazole rings is 2. The molecule has 276 valence electrons. The van der Waals surface area contributed by atoms with Crippen LogP contribution in [0, 0.1) is 11.6 Å². The summed E-state index contributed by atoms with van der Waals surface area (Å²) in [5.74, 6) is -6.93. The molecular formula is C29H25F8N5O7S2. The number of imide groups is 1. The van der Waals surface area contributed by atoms with Gasteiger partial charge in [-0.3, -0.25) is 33.1 Å². The third kappa shape index (κ3) is 7.81. The van der Waals surface area contributed by atoms with E-state index in [1.807, 2.05) is 5.32 Å². The van der Waals surface area contributed by atoms with Crippen LogP contribution >= 0.6 is 22.7 Å². The Morgan fingerprint density at radius 1 is 0.863 bits per heavy atom. The number of aliphatic hydroxyl groups is 1. The number of hydrogen-bond acceptors (Lipinski definition) is 9. The number of nitrogens with one attached hydrogen (secondary N) is 2. The van der Waals surface area contributed by atoms with Crippen LogP contribution in [0.2, 0.25) is 0 Å². The molecule has 12 nitrogen and oxygen atoms in total. The van der Waals surface area contributed by atoms with E-state index in [-0.39, 0.29) is 32.1 Å². The summed E-state index contributed by atoms with van der Waals surface area (Å²) >= 11 is 1.57. The van der Waals surface area contributed by atoms with Crippen molar-refractivity contribution in [2.45, 2.75) is 70.7 Å². The van der Waals surface area contributed by atoms with Crippen molar-refractivity contribution >= 4 is 78.1 Å². The molecule has 3 N–H and O–H groups in total. The Kier molecular flexibility index (Phi) is 10.6. The molecule has 2 aromatic heterocycles. The zero-order chi connectivity index (χ0) is 38.5. The van der Waals surface area contributed by atoms with E-state index in [9.17, 15) is 69.0 Å². The molecule has 5 rings (SSSR count). The van der Waals surface area contributed by atoms with Crippen molar-refractivity contribution in [1.29, 1.82) is 0 Å². The first-order valence-corrected chi connectivity index (χ1v) is 16.0. The van der Waals surface area contributed by atoms with Crippen LogP contribution in [-0.2, 0) is 14.4 Å². The molecule has 4 amide bonds. The minimum absolute atomic E-state index is 0.182. The third-order valence-electron chi connectivity index (χ3n) is 7.21. The number of amides is 4. The van der Waals surface area contributed by atoms with Gasteiger partial charge in [-0.1, -0.05) is 22.7 Å². The summed E-state index contributed by atoms with van der Waals surface area (Å²) in [6, 6.07) is 1.99. The van der Waals surface area contributed by atoms with Gasteiger partial charge in [0, 0.05) is 12.1 Å². The van der Waals surface area contributed by atoms with Crippen LogP contribution in [0.1, 0.15) is 52.6 Å². The number of rotatable bonds is 6. The van der Waals surface area contributed by atoms with Crippen LogP contribution in [0.15, 0.2) is 33.9 Å². The molecule has 2 aromatic carbocycles. The highest BCUT2D eigenvalue weighted by Crippen LogP contribution is 2.37. The molecule has 0 saturated carbocycles. The van der Waals surface area contributed by atoms with Crippen molar-refractivity contribution in [1.82, 2.24) is 14.5 Å². The summed E-state index contributed by atoms with van der Waals surface area (Å²) in [6.45, 7) is 6.85. The molecule has 3 heterocycles. The van der Waals surface area contributed by atoms with Gasteiger partial charge in [-0.25, -0.2) is 18.5 Å². The minimum atomic E-state index is -5.29. The third-order valence-corrected chi connectivity index (χ3v) is 9.05. The summed E-state index contributed by atoms with van der Waals surface area (Å²) in [6.07, 6.45) is -13.4. The molecule has 22 heteroatoms. The van der Waals surface area contributed by atoms with E-state index >= 15 is 0 Å². The van der Waals surface area contributed by atoms with E-state index in [1.165, 1.54) is 20.5 Å². The molecule has 51 heavy (non-hydrogen) atoms. The van der Waals surface area contributed by atoms with Crippen molar-refractivity contribution in [3.8, 4) is 0 Å². The number of ketones is 1. The highest BCUT2D eigenvalue weighted by Gasteiger charge is 2.60. The summed E-state index contributed by atoms with van der Waals surface area (Å²) in [5.41, 5.74) is -4.16. The largest absolute Gasteiger partial charge is 0.450 e. The van der Waals surface area contributed by atoms with E-state index in [0.29, 0.717) is 10.2 Å². The molecule has 0 radical (unpaired) electrons. The predicted octanol–water partition coefficient (Wildman–Crippen LogP) is 5.72. The van der Waals surface area contributed by atoms with Crippen LogP contribution in [0.25, 0.3) is 20.4 Å². The molecule has 4 aromatic rings. The Morgan fingerprint density at radius 2 is 1.35 bits per heavy atom. The summed E-state index contributed by atoms with van der Waals surface area (Å²) in [4.78, 5) is 69.9. The highest BCUT2D eigenvalue weighted by molar-refractivity contribution is 7.16. The second-order valence-electron chi connectivity index (χ2n) is 11.6. The quantitative estimate of drug-likeness (QED) is 0.167. The molecule has 0 spiro atoms. The first-order valence-electron chi connectivity index (χ1n) is 14.4. The number of nitrogens with zero attached hydrogens (tertiary/aromatic N) is 3. The second kappa shape index (κ2) is 13.8. The standard InChI is InChI=1S/C15H13F4N3O4S.C14H12F4N2O3S/c1-6(2)21-9-4-8(7(16)3-10(9)27-13(21)25)22-11(23)5-14(26,15(17,18)19)20-12(22)24;1-6(2)20-9-4-8(7(15)3-10(9)24-13(20)23)19-12(22)5-11(21)14(16,17)18/h3-4,6,26H,5H2,1-2H3,(H,20,24);3-4,6H,5H2,1-2H3,(H,19,22). The van der Waals surface area contributed by atoms with Gasteiger partial charge in [0.25, 0.3) is 0 Å². The van der Waals surface area contributed by atoms with Gasteiger partial charge in [0.1, 0.15) is 11.6 Å². The van der Waals surface area contributed by atoms with Gasteiger partial charge in [0.05, 0.1) is 44.6 Å². The van der Waals surface area contributed by atoms with Crippen molar-refractivity contribution in [2.24, 2.45) is 0 Å². The van der Waals surface area contributed by atoms with Crippen molar-refractivity contribution in [3.05, 3.63) is 55.2 Å². The molecular weight excluding hydrogens is 746 g/mol. The van der Waals surface area contributed by atoms with E-state index in [1.54, 1.807) is 27.7 Å². The van der Waals surface area contributed by atoms with Crippen LogP contribution in [0.4, 0.5) is 51.3 Å². The first-order chi connectivity index (χ1) is 23.4.